The molecule has 0 fully saturated rings. The van der Waals surface area contributed by atoms with Crippen LogP contribution in [0.2, 0.25) is 0 Å². The molecule has 0 heterocycles. The summed E-state index contributed by atoms with van der Waals surface area (Å²) in [6.07, 6.45) is 3.30. The summed E-state index contributed by atoms with van der Waals surface area (Å²) in [5, 5.41) is 0. The Kier molecular flexibility index (Phi) is 51.2. The summed E-state index contributed by atoms with van der Waals surface area (Å²) in [7, 11) is 0. The first-order valence-corrected chi connectivity index (χ1v) is 5.34. The molecule has 0 bridgehead atoms. The van der Waals surface area contributed by atoms with E-state index in [4.69, 9.17) is 24.0 Å². The van der Waals surface area contributed by atoms with Gasteiger partial charge in [0.05, 0.1) is 6.42 Å². The largest absolute Gasteiger partial charge is 0.281 e. The van der Waals surface area contributed by atoms with Crippen LogP contribution >= 0.6 is 0 Å². The van der Waals surface area contributed by atoms with Crippen molar-refractivity contribution in [3.05, 3.63) is 78.2 Å². The summed E-state index contributed by atoms with van der Waals surface area (Å²) < 4.78 is 0. The SMILES string of the molecule is [C](c1ccccc1)c1ccccc1.[C]=O.[C]=O.[C]=O.[C]=O.[C]=O.[Mo]. The first-order chi connectivity index (χ1) is 11.4. The topological polar surface area (TPSA) is 85.3 Å². The fourth-order valence-corrected chi connectivity index (χ4v) is 1.21. The van der Waals surface area contributed by atoms with Crippen LogP contribution in [-0.2, 0) is 45.0 Å². The average Bonchev–Trinajstić information content (AvgIpc) is 2.71. The normalized spacial score (nSPS) is 6.17. The van der Waals surface area contributed by atoms with E-state index in [0.717, 1.165) is 11.1 Å². The molecule has 2 rings (SSSR count). The quantitative estimate of drug-likeness (QED) is 0.705. The van der Waals surface area contributed by atoms with Crippen molar-refractivity contribution >= 4 is 33.9 Å². The molecular weight excluding hydrogens is 392 g/mol. The summed E-state index contributed by atoms with van der Waals surface area (Å²) >= 11 is 0. The molecule has 0 aliphatic rings. The summed E-state index contributed by atoms with van der Waals surface area (Å²) in [5.41, 5.74) is 2.24. The molecule has 118 valence electrons. The van der Waals surface area contributed by atoms with Gasteiger partial charge in [0, 0.05) is 21.1 Å². The summed E-state index contributed by atoms with van der Waals surface area (Å²) in [4.78, 5) is 37.5. The first-order valence-electron chi connectivity index (χ1n) is 5.34. The summed E-state index contributed by atoms with van der Waals surface area (Å²) in [6.45, 7) is 22.5. The molecule has 0 aliphatic carbocycles. The molecule has 24 heavy (non-hydrogen) atoms. The first kappa shape index (κ1) is 33.2. The molecule has 0 amide bonds. The van der Waals surface area contributed by atoms with Crippen LogP contribution in [0.3, 0.4) is 0 Å². The minimum absolute atomic E-state index is 0. The predicted octanol–water partition coefficient (Wildman–Crippen LogP) is 1.18. The predicted molar refractivity (Wildman–Crippen MR) is 82.8 cm³/mol. The molecule has 0 unspecified atom stereocenters. The third-order valence-corrected chi connectivity index (χ3v) is 1.84. The van der Waals surface area contributed by atoms with E-state index in [1.54, 1.807) is 0 Å². The Balaban J connectivity index is -0.0000000950. The Bertz CT molecular complexity index is 391. The standard InChI is InChI=1S/C13H10.5CO.Mo/c1-3-7-12(8-4-1)11-13-9-5-2-6-10-13;5*1-2;/h1-10H;;;;;;. The number of hydrogen-bond acceptors (Lipinski definition) is 5. The molecule has 0 spiro atoms. The zero-order valence-electron chi connectivity index (χ0n) is 12.2. The zero-order chi connectivity index (χ0) is 18.9. The Hall–Kier alpha value is -2.52. The molecule has 0 saturated heterocycles. The van der Waals surface area contributed by atoms with Gasteiger partial charge in [0.25, 0.3) is 33.9 Å². The second-order valence-electron chi connectivity index (χ2n) is 2.86. The van der Waals surface area contributed by atoms with E-state index in [0.29, 0.717) is 0 Å². The molecule has 0 saturated carbocycles. The van der Waals surface area contributed by atoms with Gasteiger partial charge in [-0.1, -0.05) is 60.7 Å². The number of rotatable bonds is 2. The third kappa shape index (κ3) is 21.8. The molecule has 6 heteroatoms. The van der Waals surface area contributed by atoms with Gasteiger partial charge >= 0.3 is 0 Å². The van der Waals surface area contributed by atoms with E-state index in [9.17, 15) is 0 Å². The summed E-state index contributed by atoms with van der Waals surface area (Å²) in [6, 6.07) is 20.3. The minimum atomic E-state index is 0. The second-order valence-corrected chi connectivity index (χ2v) is 2.86. The maximum Gasteiger partial charge on any atom is 0.281 e. The Morgan fingerprint density at radius 2 is 0.667 bits per heavy atom. The van der Waals surface area contributed by atoms with Gasteiger partial charge < -0.3 is 0 Å². The Labute approximate surface area is 157 Å². The molecule has 2 aromatic rings. The van der Waals surface area contributed by atoms with E-state index in [2.05, 4.69) is 40.4 Å². The van der Waals surface area contributed by atoms with Crippen LogP contribution in [0, 0.1) is 6.42 Å². The van der Waals surface area contributed by atoms with Crippen molar-refractivity contribution in [1.82, 2.24) is 0 Å². The van der Waals surface area contributed by atoms with Crippen LogP contribution in [0.1, 0.15) is 11.1 Å². The fourth-order valence-electron chi connectivity index (χ4n) is 1.21. The monoisotopic (exact) mass is 404 g/mol. The van der Waals surface area contributed by atoms with E-state index in [-0.39, 0.29) is 21.1 Å². The van der Waals surface area contributed by atoms with Crippen molar-refractivity contribution in [2.45, 2.75) is 0 Å². The molecule has 0 N–H and O–H groups in total. The van der Waals surface area contributed by atoms with Crippen LogP contribution in [0.5, 0.6) is 0 Å². The van der Waals surface area contributed by atoms with Crippen molar-refractivity contribution in [2.75, 3.05) is 0 Å². The van der Waals surface area contributed by atoms with Crippen LogP contribution in [0.15, 0.2) is 60.7 Å². The molecule has 0 atom stereocenters. The van der Waals surface area contributed by atoms with Gasteiger partial charge in [-0.05, 0) is 11.1 Å². The van der Waals surface area contributed by atoms with Crippen molar-refractivity contribution in [3.63, 3.8) is 0 Å². The van der Waals surface area contributed by atoms with Gasteiger partial charge in [0.1, 0.15) is 0 Å². The fraction of sp³-hybridized carbons (Fsp3) is 0. The van der Waals surface area contributed by atoms with Gasteiger partial charge in [-0.3, -0.25) is 24.0 Å². The van der Waals surface area contributed by atoms with E-state index in [1.807, 2.05) is 60.7 Å². The molecule has 5 nitrogen and oxygen atoms in total. The minimum Gasteiger partial charge on any atom is -0.281 e. The maximum absolute atomic E-state index is 7.50. The Morgan fingerprint density at radius 1 is 0.458 bits per heavy atom. The van der Waals surface area contributed by atoms with Crippen LogP contribution < -0.4 is 0 Å². The van der Waals surface area contributed by atoms with Crippen LogP contribution in [0.25, 0.3) is 0 Å². The van der Waals surface area contributed by atoms with E-state index < -0.39 is 0 Å². The van der Waals surface area contributed by atoms with Crippen molar-refractivity contribution in [2.24, 2.45) is 0 Å². The second kappa shape index (κ2) is 37.1. The molecule has 2 aromatic carbocycles. The van der Waals surface area contributed by atoms with Crippen molar-refractivity contribution in [3.8, 4) is 0 Å². The number of benzene rings is 2. The third-order valence-electron chi connectivity index (χ3n) is 1.84. The van der Waals surface area contributed by atoms with Crippen molar-refractivity contribution < 1.29 is 45.0 Å². The molecular formula is C18H10MoO5. The van der Waals surface area contributed by atoms with Gasteiger partial charge in [-0.25, -0.2) is 0 Å². The van der Waals surface area contributed by atoms with Gasteiger partial charge in [-0.2, -0.15) is 0 Å². The molecule has 0 aliphatic heterocycles. The zero-order valence-corrected chi connectivity index (χ0v) is 14.2. The van der Waals surface area contributed by atoms with Gasteiger partial charge in [-0.15, -0.1) is 0 Å². The number of hydrogen-bond donors (Lipinski definition) is 0. The number of carbonyl (C=O) groups excluding carboxylic acids is 5. The van der Waals surface area contributed by atoms with Crippen LogP contribution in [0.4, 0.5) is 0 Å². The average molecular weight is 402 g/mol. The van der Waals surface area contributed by atoms with Gasteiger partial charge in [0.2, 0.25) is 0 Å². The van der Waals surface area contributed by atoms with E-state index in [1.165, 1.54) is 0 Å². The van der Waals surface area contributed by atoms with E-state index >= 15 is 0 Å². The maximum atomic E-state index is 7.50. The molecule has 0 aromatic heterocycles. The van der Waals surface area contributed by atoms with Crippen LogP contribution in [-0.4, -0.2) is 33.9 Å². The molecule has 12 radical (unpaired) electrons. The smallest absolute Gasteiger partial charge is 0.281 e. The van der Waals surface area contributed by atoms with Gasteiger partial charge in [0.15, 0.2) is 0 Å². The summed E-state index contributed by atoms with van der Waals surface area (Å²) in [5.74, 6) is 0. The van der Waals surface area contributed by atoms with Crippen molar-refractivity contribution in [1.29, 1.82) is 0 Å². The Morgan fingerprint density at radius 3 is 0.875 bits per heavy atom.